The quantitative estimate of drug-likeness (QED) is 0.835. The van der Waals surface area contributed by atoms with Crippen LogP contribution in [0.2, 0.25) is 0 Å². The molecule has 4 fully saturated rings. The van der Waals surface area contributed by atoms with Gasteiger partial charge in [-0.2, -0.15) is 10.5 Å². The van der Waals surface area contributed by atoms with Crippen molar-refractivity contribution < 1.29 is 14.2 Å². The molecular weight excluding hydrogens is 304 g/mol. The normalized spacial score (nSPS) is 50.5. The highest BCUT2D eigenvalue weighted by molar-refractivity contribution is 5.25. The summed E-state index contributed by atoms with van der Waals surface area (Å²) in [6, 6.07) is 14.7. The molecule has 0 spiro atoms. The highest BCUT2D eigenvalue weighted by Crippen LogP contribution is 2.69. The van der Waals surface area contributed by atoms with Gasteiger partial charge in [-0.05, 0) is 18.9 Å². The van der Waals surface area contributed by atoms with Gasteiger partial charge in [0.2, 0.25) is 0 Å². The van der Waals surface area contributed by atoms with Gasteiger partial charge in [0.1, 0.15) is 0 Å². The zero-order valence-corrected chi connectivity index (χ0v) is 13.4. The predicted octanol–water partition coefficient (Wildman–Crippen LogP) is 2.39. The van der Waals surface area contributed by atoms with Crippen molar-refractivity contribution in [2.75, 3.05) is 0 Å². The molecule has 1 aromatic rings. The lowest BCUT2D eigenvalue weighted by atomic mass is 9.79. The minimum atomic E-state index is -0.818. The maximum atomic E-state index is 9.55. The predicted molar refractivity (Wildman–Crippen MR) is 81.9 cm³/mol. The van der Waals surface area contributed by atoms with Gasteiger partial charge in [-0.25, -0.2) is 0 Å². The molecule has 3 saturated heterocycles. The van der Waals surface area contributed by atoms with Gasteiger partial charge in [0, 0.05) is 30.1 Å². The third-order valence-electron chi connectivity index (χ3n) is 6.36. The van der Waals surface area contributed by atoms with Crippen LogP contribution in [0, 0.1) is 46.3 Å². The fourth-order valence-corrected chi connectivity index (χ4v) is 5.73. The number of ether oxygens (including phenoxy) is 3. The van der Waals surface area contributed by atoms with Gasteiger partial charge in [-0.15, -0.1) is 0 Å². The highest BCUT2D eigenvalue weighted by Gasteiger charge is 2.78. The molecule has 3 heterocycles. The molecule has 1 aromatic carbocycles. The molecule has 24 heavy (non-hydrogen) atoms. The largest absolute Gasteiger partial charge is 0.331 e. The number of hydrogen-bond donors (Lipinski definition) is 0. The summed E-state index contributed by atoms with van der Waals surface area (Å²) in [5.41, 5.74) is 1.12. The molecule has 0 aromatic heterocycles. The first-order valence-corrected chi connectivity index (χ1v) is 8.49. The second kappa shape index (κ2) is 4.58. The molecular formula is C19H18N2O3. The maximum absolute atomic E-state index is 9.55. The van der Waals surface area contributed by atoms with E-state index in [0.717, 1.165) is 12.0 Å². The van der Waals surface area contributed by atoms with Crippen molar-refractivity contribution >= 4 is 0 Å². The molecule has 0 amide bonds. The molecule has 1 saturated carbocycles. The van der Waals surface area contributed by atoms with E-state index in [0.29, 0.717) is 6.42 Å². The average molecular weight is 322 g/mol. The standard InChI is InChI=1S/C19H18N2O3/c1-18-16-12(14(9-20)22-18)7-13-15(10-21)23-19(24-18,17(13)16)8-11-5-3-2-4-6-11/h2-6,12-17H,7-8H2,1H3/t12-,13+,14-,15+,16+,17+,18-,19+/m0/s1. The van der Waals surface area contributed by atoms with Crippen molar-refractivity contribution in [3.8, 4) is 12.1 Å². The number of hydrogen-bond acceptors (Lipinski definition) is 5. The van der Waals surface area contributed by atoms with E-state index in [1.165, 1.54) is 0 Å². The summed E-state index contributed by atoms with van der Waals surface area (Å²) in [7, 11) is 0. The van der Waals surface area contributed by atoms with Crippen LogP contribution >= 0.6 is 0 Å². The minimum absolute atomic E-state index is 0.107. The number of nitriles is 2. The monoisotopic (exact) mass is 322 g/mol. The molecule has 122 valence electrons. The summed E-state index contributed by atoms with van der Waals surface area (Å²) in [5.74, 6) is -1.13. The van der Waals surface area contributed by atoms with Crippen molar-refractivity contribution in [1.82, 2.24) is 0 Å². The lowest BCUT2D eigenvalue weighted by Crippen LogP contribution is -2.41. The minimum Gasteiger partial charge on any atom is -0.331 e. The molecule has 5 rings (SSSR count). The Morgan fingerprint density at radius 2 is 1.71 bits per heavy atom. The first-order chi connectivity index (χ1) is 11.6. The fourth-order valence-electron chi connectivity index (χ4n) is 5.73. The first-order valence-electron chi connectivity index (χ1n) is 8.49. The van der Waals surface area contributed by atoms with Crippen LogP contribution < -0.4 is 0 Å². The van der Waals surface area contributed by atoms with E-state index < -0.39 is 23.8 Å². The van der Waals surface area contributed by atoms with E-state index >= 15 is 0 Å². The van der Waals surface area contributed by atoms with Crippen LogP contribution in [-0.2, 0) is 20.6 Å². The van der Waals surface area contributed by atoms with Gasteiger partial charge >= 0.3 is 0 Å². The van der Waals surface area contributed by atoms with Gasteiger partial charge in [0.15, 0.2) is 23.8 Å². The number of nitrogens with zero attached hydrogens (tertiary/aromatic N) is 2. The smallest absolute Gasteiger partial charge is 0.181 e. The van der Waals surface area contributed by atoms with Crippen LogP contribution in [0.3, 0.4) is 0 Å². The highest BCUT2D eigenvalue weighted by atomic mass is 16.8. The van der Waals surface area contributed by atoms with Crippen molar-refractivity contribution in [1.29, 1.82) is 10.5 Å². The van der Waals surface area contributed by atoms with Crippen molar-refractivity contribution in [3.63, 3.8) is 0 Å². The summed E-state index contributed by atoms with van der Waals surface area (Å²) in [6.45, 7) is 1.93. The van der Waals surface area contributed by atoms with E-state index in [1.54, 1.807) is 0 Å². The zero-order valence-electron chi connectivity index (χ0n) is 13.4. The van der Waals surface area contributed by atoms with Crippen LogP contribution in [0.15, 0.2) is 30.3 Å². The zero-order chi connectivity index (χ0) is 16.5. The number of benzene rings is 1. The fraction of sp³-hybridized carbons (Fsp3) is 0.579. The lowest BCUT2D eigenvalue weighted by Gasteiger charge is -2.32. The van der Waals surface area contributed by atoms with Gasteiger partial charge in [0.05, 0.1) is 12.1 Å². The Hall–Kier alpha value is -1.92. The molecule has 1 aliphatic carbocycles. The third kappa shape index (κ3) is 1.62. The topological polar surface area (TPSA) is 75.3 Å². The van der Waals surface area contributed by atoms with Crippen LogP contribution in [-0.4, -0.2) is 23.8 Å². The Labute approximate surface area is 140 Å². The van der Waals surface area contributed by atoms with E-state index in [2.05, 4.69) is 24.3 Å². The first kappa shape index (κ1) is 14.4. The van der Waals surface area contributed by atoms with E-state index in [-0.39, 0.29) is 23.7 Å². The molecule has 0 N–H and O–H groups in total. The molecule has 5 heteroatoms. The van der Waals surface area contributed by atoms with Gasteiger partial charge < -0.3 is 14.2 Å². The Balaban J connectivity index is 1.58. The van der Waals surface area contributed by atoms with E-state index in [9.17, 15) is 10.5 Å². The molecule has 4 aliphatic rings. The molecule has 0 unspecified atom stereocenters. The molecule has 0 bridgehead atoms. The second-order valence-electron chi connectivity index (χ2n) is 7.54. The molecule has 3 aliphatic heterocycles. The lowest BCUT2D eigenvalue weighted by molar-refractivity contribution is -0.310. The molecule has 0 radical (unpaired) electrons. The van der Waals surface area contributed by atoms with Crippen LogP contribution in [0.4, 0.5) is 0 Å². The van der Waals surface area contributed by atoms with Gasteiger partial charge in [-0.3, -0.25) is 0 Å². The third-order valence-corrected chi connectivity index (χ3v) is 6.36. The van der Waals surface area contributed by atoms with Crippen molar-refractivity contribution in [3.05, 3.63) is 35.9 Å². The maximum Gasteiger partial charge on any atom is 0.181 e. The summed E-state index contributed by atoms with van der Waals surface area (Å²) in [4.78, 5) is 0. The van der Waals surface area contributed by atoms with E-state index in [4.69, 9.17) is 14.2 Å². The SMILES string of the molecule is C[C@@]12O[C@@H](C#N)[C@@H]3C[C@H]4[C@H]([C@@H]31)[C@](Cc1ccccc1)(O[C@@H]4C#N)O2. The summed E-state index contributed by atoms with van der Waals surface area (Å²) in [5, 5.41) is 19.0. The van der Waals surface area contributed by atoms with Crippen LogP contribution in [0.25, 0.3) is 0 Å². The summed E-state index contributed by atoms with van der Waals surface area (Å²) in [6.07, 6.45) is 0.501. The average Bonchev–Trinajstić information content (AvgIpc) is 3.24. The van der Waals surface area contributed by atoms with Crippen molar-refractivity contribution in [2.45, 2.75) is 43.5 Å². The van der Waals surface area contributed by atoms with Gasteiger partial charge in [0.25, 0.3) is 0 Å². The summed E-state index contributed by atoms with van der Waals surface area (Å²) >= 11 is 0. The Morgan fingerprint density at radius 3 is 2.42 bits per heavy atom. The summed E-state index contributed by atoms with van der Waals surface area (Å²) < 4.78 is 18.6. The van der Waals surface area contributed by atoms with Crippen LogP contribution in [0.1, 0.15) is 18.9 Å². The Morgan fingerprint density at radius 1 is 1.04 bits per heavy atom. The van der Waals surface area contributed by atoms with Gasteiger partial charge in [-0.1, -0.05) is 30.3 Å². The van der Waals surface area contributed by atoms with Crippen LogP contribution in [0.5, 0.6) is 0 Å². The second-order valence-corrected chi connectivity index (χ2v) is 7.54. The van der Waals surface area contributed by atoms with E-state index in [1.807, 2.05) is 25.1 Å². The molecule has 8 atom stereocenters. The number of rotatable bonds is 2. The van der Waals surface area contributed by atoms with Crippen molar-refractivity contribution in [2.24, 2.45) is 23.7 Å². The Bertz CT molecular complexity index is 769. The molecule has 5 nitrogen and oxygen atoms in total. The Kier molecular flexibility index (Phi) is 2.75.